The second-order valence-electron chi connectivity index (χ2n) is 9.84. The number of aliphatic hydroxyl groups is 1. The number of methoxy groups -OCH3 is 1. The molecule has 202 valence electrons. The molecule has 0 unspecified atom stereocenters. The Bertz CT molecular complexity index is 1540. The highest BCUT2D eigenvalue weighted by atomic mass is 16.5. The van der Waals surface area contributed by atoms with Gasteiger partial charge < -0.3 is 30.3 Å². The van der Waals surface area contributed by atoms with Crippen molar-refractivity contribution < 1.29 is 30.3 Å². The molecule has 0 fully saturated rings. The molecular weight excluding hydrogens is 504 g/mol. The second kappa shape index (κ2) is 10.7. The molecule has 6 nitrogen and oxygen atoms in total. The van der Waals surface area contributed by atoms with Crippen LogP contribution in [0, 0.1) is 0 Å². The van der Waals surface area contributed by atoms with Crippen LogP contribution < -0.4 is 4.74 Å². The second-order valence-corrected chi connectivity index (χ2v) is 9.84. The molecule has 0 saturated heterocycles. The molecule has 0 aliphatic carbocycles. The van der Waals surface area contributed by atoms with Gasteiger partial charge in [0.1, 0.15) is 28.7 Å². The monoisotopic (exact) mass is 534 g/mol. The number of ether oxygens (including phenoxy) is 1. The van der Waals surface area contributed by atoms with E-state index in [1.54, 1.807) is 98.1 Å². The molecule has 0 atom stereocenters. The number of phenolic OH excluding ortho intramolecular Hbond substituents is 4. The van der Waals surface area contributed by atoms with E-state index in [0.29, 0.717) is 28.0 Å². The molecule has 5 aromatic rings. The summed E-state index contributed by atoms with van der Waals surface area (Å²) in [5, 5.41) is 52.7. The van der Waals surface area contributed by atoms with Gasteiger partial charge in [-0.2, -0.15) is 0 Å². The van der Waals surface area contributed by atoms with Crippen LogP contribution in [0.4, 0.5) is 0 Å². The first-order valence-electron chi connectivity index (χ1n) is 12.8. The zero-order valence-corrected chi connectivity index (χ0v) is 22.2. The van der Waals surface area contributed by atoms with Gasteiger partial charge in [-0.3, -0.25) is 0 Å². The van der Waals surface area contributed by atoms with E-state index in [2.05, 4.69) is 0 Å². The third kappa shape index (κ3) is 4.70. The molecule has 6 heteroatoms. The van der Waals surface area contributed by atoms with Gasteiger partial charge in [-0.15, -0.1) is 0 Å². The summed E-state index contributed by atoms with van der Waals surface area (Å²) in [7, 11) is 1.54. The topological polar surface area (TPSA) is 110 Å². The Hall–Kier alpha value is -4.94. The van der Waals surface area contributed by atoms with Crippen LogP contribution in [0.25, 0.3) is 22.3 Å². The molecule has 0 bridgehead atoms. The highest BCUT2D eigenvalue weighted by molar-refractivity contribution is 5.73. The fourth-order valence-corrected chi connectivity index (χ4v) is 5.40. The molecule has 40 heavy (non-hydrogen) atoms. The minimum atomic E-state index is -1.21. The van der Waals surface area contributed by atoms with Crippen LogP contribution in [-0.4, -0.2) is 32.6 Å². The van der Waals surface area contributed by atoms with Gasteiger partial charge in [0, 0.05) is 16.7 Å². The number of hydrogen-bond donors (Lipinski definition) is 5. The van der Waals surface area contributed by atoms with Crippen molar-refractivity contribution in [2.75, 3.05) is 7.11 Å². The lowest BCUT2D eigenvalue weighted by atomic mass is 9.67. The summed E-state index contributed by atoms with van der Waals surface area (Å²) in [6, 6.07) is 29.4. The smallest absolute Gasteiger partial charge is 0.123 e. The Balaban J connectivity index is 1.85. The predicted octanol–water partition coefficient (Wildman–Crippen LogP) is 6.70. The van der Waals surface area contributed by atoms with Crippen LogP contribution in [0.1, 0.15) is 29.2 Å². The zero-order chi connectivity index (χ0) is 28.4. The van der Waals surface area contributed by atoms with Crippen molar-refractivity contribution in [2.24, 2.45) is 0 Å². The van der Waals surface area contributed by atoms with Crippen LogP contribution in [0.15, 0.2) is 103 Å². The van der Waals surface area contributed by atoms with Gasteiger partial charge >= 0.3 is 0 Å². The maximum Gasteiger partial charge on any atom is 0.123 e. The summed E-state index contributed by atoms with van der Waals surface area (Å²) in [4.78, 5) is 0. The minimum absolute atomic E-state index is 0.00531. The predicted molar refractivity (Wildman–Crippen MR) is 155 cm³/mol. The van der Waals surface area contributed by atoms with Gasteiger partial charge in [0.15, 0.2) is 0 Å². The largest absolute Gasteiger partial charge is 0.508 e. The molecule has 5 rings (SSSR count). The molecule has 0 heterocycles. The molecular formula is C34H30O6. The molecule has 0 aliphatic heterocycles. The first-order valence-corrected chi connectivity index (χ1v) is 12.8. The Morgan fingerprint density at radius 2 is 1.05 bits per heavy atom. The summed E-state index contributed by atoms with van der Waals surface area (Å²) in [5.74, 6) is 0.761. The van der Waals surface area contributed by atoms with Crippen LogP contribution >= 0.6 is 0 Å². The van der Waals surface area contributed by atoms with Crippen molar-refractivity contribution in [2.45, 2.75) is 18.9 Å². The van der Waals surface area contributed by atoms with E-state index in [0.717, 1.165) is 22.3 Å². The quantitative estimate of drug-likeness (QED) is 0.149. The van der Waals surface area contributed by atoms with E-state index in [4.69, 9.17) is 4.74 Å². The lowest BCUT2D eigenvalue weighted by molar-refractivity contribution is 0.277. The standard InChI is InChI=1S/C34H30O6/c1-34(33-25(20-35)4-3-5-32(33)40-2,28-18-23(10-16-30(28)38)21-6-12-26(36)13-7-21)29-19-24(11-17-31(29)39)22-8-14-27(37)15-9-22/h3-19,35-39H,20H2,1-2H3. The number of hydrogen-bond acceptors (Lipinski definition) is 6. The van der Waals surface area contributed by atoms with E-state index < -0.39 is 5.41 Å². The maximum atomic E-state index is 11.4. The van der Waals surface area contributed by atoms with Gasteiger partial charge in [0.05, 0.1) is 19.1 Å². The lowest BCUT2D eigenvalue weighted by Gasteiger charge is -2.36. The average molecular weight is 535 g/mol. The SMILES string of the molecule is COc1cccc(CO)c1C(C)(c1cc(-c2ccc(O)cc2)ccc1O)c1cc(-c2ccc(O)cc2)ccc1O. The fourth-order valence-electron chi connectivity index (χ4n) is 5.40. The lowest BCUT2D eigenvalue weighted by Crippen LogP contribution is -2.28. The summed E-state index contributed by atoms with van der Waals surface area (Å²) in [6.45, 7) is 1.59. The Morgan fingerprint density at radius 1 is 0.600 bits per heavy atom. The third-order valence-electron chi connectivity index (χ3n) is 7.47. The van der Waals surface area contributed by atoms with E-state index in [1.165, 1.54) is 0 Å². The van der Waals surface area contributed by atoms with Crippen LogP contribution in [0.5, 0.6) is 28.7 Å². The summed E-state index contributed by atoms with van der Waals surface area (Å²) in [5.41, 5.74) is 4.14. The van der Waals surface area contributed by atoms with Gasteiger partial charge in [-0.05, 0) is 89.3 Å². The van der Waals surface area contributed by atoms with Crippen molar-refractivity contribution >= 4 is 0 Å². The maximum absolute atomic E-state index is 11.4. The van der Waals surface area contributed by atoms with Crippen molar-refractivity contribution in [3.63, 3.8) is 0 Å². The van der Waals surface area contributed by atoms with E-state index in [1.807, 2.05) is 19.1 Å². The Labute approximate surface area is 232 Å². The highest BCUT2D eigenvalue weighted by Crippen LogP contribution is 2.51. The van der Waals surface area contributed by atoms with Crippen molar-refractivity contribution in [1.29, 1.82) is 0 Å². The van der Waals surface area contributed by atoms with Gasteiger partial charge in [0.2, 0.25) is 0 Å². The summed E-state index contributed by atoms with van der Waals surface area (Å²) >= 11 is 0. The summed E-state index contributed by atoms with van der Waals surface area (Å²) < 4.78 is 5.78. The first-order chi connectivity index (χ1) is 19.3. The number of rotatable bonds is 7. The zero-order valence-electron chi connectivity index (χ0n) is 22.2. The Kier molecular flexibility index (Phi) is 7.11. The van der Waals surface area contributed by atoms with Crippen molar-refractivity contribution in [3.05, 3.63) is 125 Å². The molecule has 5 aromatic carbocycles. The molecule has 5 N–H and O–H groups in total. The van der Waals surface area contributed by atoms with Gasteiger partial charge in [0.25, 0.3) is 0 Å². The normalized spacial score (nSPS) is 11.4. The average Bonchev–Trinajstić information content (AvgIpc) is 2.97. The Morgan fingerprint density at radius 3 is 1.48 bits per heavy atom. The number of aromatic hydroxyl groups is 4. The fraction of sp³-hybridized carbons (Fsp3) is 0.118. The number of phenols is 4. The molecule has 0 saturated carbocycles. The highest BCUT2D eigenvalue weighted by Gasteiger charge is 2.40. The van der Waals surface area contributed by atoms with Crippen LogP contribution in [-0.2, 0) is 12.0 Å². The van der Waals surface area contributed by atoms with Gasteiger partial charge in [-0.1, -0.05) is 48.5 Å². The van der Waals surface area contributed by atoms with E-state index >= 15 is 0 Å². The first kappa shape index (κ1) is 26.7. The molecule has 0 amide bonds. The van der Waals surface area contributed by atoms with E-state index in [-0.39, 0.29) is 29.6 Å². The third-order valence-corrected chi connectivity index (χ3v) is 7.47. The van der Waals surface area contributed by atoms with Gasteiger partial charge in [-0.25, -0.2) is 0 Å². The van der Waals surface area contributed by atoms with E-state index in [9.17, 15) is 25.5 Å². The molecule has 0 radical (unpaired) electrons. The summed E-state index contributed by atoms with van der Waals surface area (Å²) in [6.07, 6.45) is 0. The van der Waals surface area contributed by atoms with Crippen LogP contribution in [0.3, 0.4) is 0 Å². The van der Waals surface area contributed by atoms with Crippen LogP contribution in [0.2, 0.25) is 0 Å². The number of benzene rings is 5. The molecule has 0 aliphatic rings. The molecule has 0 spiro atoms. The number of aliphatic hydroxyl groups excluding tert-OH is 1. The van der Waals surface area contributed by atoms with Crippen molar-refractivity contribution in [1.82, 2.24) is 0 Å². The molecule has 0 aromatic heterocycles. The van der Waals surface area contributed by atoms with Crippen molar-refractivity contribution in [3.8, 4) is 51.0 Å². The minimum Gasteiger partial charge on any atom is -0.508 e.